The topological polar surface area (TPSA) is 105 Å². The Labute approximate surface area is 166 Å². The van der Waals surface area contributed by atoms with Crippen LogP contribution in [0.5, 0.6) is 0 Å². The van der Waals surface area contributed by atoms with Crippen molar-refractivity contribution in [2.24, 2.45) is 4.99 Å². The second-order valence-electron chi connectivity index (χ2n) is 6.24. The fourth-order valence-electron chi connectivity index (χ4n) is 2.58. The first kappa shape index (κ1) is 20.0. The molecule has 0 fully saturated rings. The van der Waals surface area contributed by atoms with Crippen LogP contribution in [0.1, 0.15) is 18.1 Å². The number of likely N-dealkylation sites (N-methyl/N-ethyl adjacent to an activating group) is 1. The van der Waals surface area contributed by atoms with Gasteiger partial charge in [-0.1, -0.05) is 12.1 Å². The van der Waals surface area contributed by atoms with E-state index in [2.05, 4.69) is 9.71 Å². The summed E-state index contributed by atoms with van der Waals surface area (Å²) in [7, 11) is -2.05. The molecule has 3 rings (SSSR count). The molecule has 0 bridgehead atoms. The maximum atomic E-state index is 12.2. The number of amides is 1. The summed E-state index contributed by atoms with van der Waals surface area (Å²) in [5.41, 5.74) is 1.40. The number of sulfonamides is 1. The molecule has 0 unspecified atom stereocenters. The first-order chi connectivity index (χ1) is 13.3. The molecule has 2 aromatic rings. The number of fused-ring (bicyclic) bond motifs is 1. The molecule has 0 radical (unpaired) electrons. The summed E-state index contributed by atoms with van der Waals surface area (Å²) in [6, 6.07) is 7.30. The Hall–Kier alpha value is -2.72. The first-order valence-electron chi connectivity index (χ1n) is 8.39. The van der Waals surface area contributed by atoms with Crippen molar-refractivity contribution in [2.45, 2.75) is 24.4 Å². The third-order valence-electron chi connectivity index (χ3n) is 4.09. The third-order valence-corrected chi connectivity index (χ3v) is 6.22. The lowest BCUT2D eigenvalue weighted by Gasteiger charge is -2.17. The molecule has 1 aromatic heterocycles. The van der Waals surface area contributed by atoms with Gasteiger partial charge in [-0.15, -0.1) is 0 Å². The van der Waals surface area contributed by atoms with E-state index in [0.717, 1.165) is 5.56 Å². The number of thiophene rings is 1. The minimum atomic E-state index is -3.68. The highest BCUT2D eigenvalue weighted by Crippen LogP contribution is 2.22. The van der Waals surface area contributed by atoms with Gasteiger partial charge in [0.05, 0.1) is 4.90 Å². The molecule has 1 aliphatic rings. The third kappa shape index (κ3) is 4.39. The van der Waals surface area contributed by atoms with E-state index in [1.807, 2.05) is 16.8 Å². The quantitative estimate of drug-likeness (QED) is 0.710. The Kier molecular flexibility index (Phi) is 5.80. The molecule has 28 heavy (non-hydrogen) atoms. The Bertz CT molecular complexity index is 1020. The van der Waals surface area contributed by atoms with Crippen LogP contribution in [0.4, 0.5) is 0 Å². The van der Waals surface area contributed by atoms with E-state index < -0.39 is 28.6 Å². The molecule has 1 aliphatic heterocycles. The lowest BCUT2D eigenvalue weighted by Crippen LogP contribution is -2.33. The van der Waals surface area contributed by atoms with Gasteiger partial charge in [-0.2, -0.15) is 11.3 Å². The van der Waals surface area contributed by atoms with E-state index in [4.69, 9.17) is 4.74 Å². The van der Waals surface area contributed by atoms with Crippen LogP contribution in [-0.4, -0.2) is 50.7 Å². The number of aliphatic imine (C=N–C) groups is 1. The van der Waals surface area contributed by atoms with Gasteiger partial charge < -0.3 is 9.64 Å². The molecule has 148 valence electrons. The summed E-state index contributed by atoms with van der Waals surface area (Å²) in [6.07, 6.45) is 0. The van der Waals surface area contributed by atoms with Gasteiger partial charge in [0.25, 0.3) is 15.9 Å². The second kappa shape index (κ2) is 8.11. The van der Waals surface area contributed by atoms with Gasteiger partial charge in [0.2, 0.25) is 0 Å². The number of benzene rings is 1. The fraction of sp³-hybridized carbons (Fsp3) is 0.278. The molecule has 0 saturated carbocycles. The summed E-state index contributed by atoms with van der Waals surface area (Å²) >= 11 is 1.54. The SMILES string of the molecule is C[C@H](N=C1NS(=O)(=O)c2ccccc21)C(=O)OCC(=O)N(C)Cc1ccsc1. The molecule has 0 spiro atoms. The highest BCUT2D eigenvalue weighted by Gasteiger charge is 2.31. The minimum Gasteiger partial charge on any atom is -0.454 e. The second-order valence-corrected chi connectivity index (χ2v) is 8.68. The fourth-order valence-corrected chi connectivity index (χ4v) is 4.48. The predicted molar refractivity (Wildman–Crippen MR) is 105 cm³/mol. The molecule has 10 heteroatoms. The van der Waals surface area contributed by atoms with Crippen molar-refractivity contribution in [2.75, 3.05) is 13.7 Å². The number of hydrogen-bond donors (Lipinski definition) is 1. The van der Waals surface area contributed by atoms with Crippen LogP contribution in [-0.2, 0) is 30.9 Å². The van der Waals surface area contributed by atoms with Crippen molar-refractivity contribution in [3.63, 3.8) is 0 Å². The number of rotatable bonds is 6. The standard InChI is InChI=1S/C18H19N3O5S2/c1-12(19-17-14-5-3-4-6-15(14)28(24,25)20-17)18(23)26-10-16(22)21(2)9-13-7-8-27-11-13/h3-8,11-12H,9-10H2,1-2H3,(H,19,20)/t12-/m0/s1. The molecule has 8 nitrogen and oxygen atoms in total. The van der Waals surface area contributed by atoms with E-state index >= 15 is 0 Å². The Morgan fingerprint density at radius 3 is 2.75 bits per heavy atom. The van der Waals surface area contributed by atoms with Crippen LogP contribution in [0.2, 0.25) is 0 Å². The van der Waals surface area contributed by atoms with Crippen molar-refractivity contribution in [3.05, 3.63) is 52.2 Å². The highest BCUT2D eigenvalue weighted by atomic mass is 32.2. The first-order valence-corrected chi connectivity index (χ1v) is 10.8. The van der Waals surface area contributed by atoms with Gasteiger partial charge in [-0.3, -0.25) is 14.5 Å². The summed E-state index contributed by atoms with van der Waals surface area (Å²) in [6.45, 7) is 1.50. The number of amidine groups is 1. The number of hydrogen-bond acceptors (Lipinski definition) is 7. The van der Waals surface area contributed by atoms with Gasteiger partial charge in [0.1, 0.15) is 11.9 Å². The normalized spacial score (nSPS) is 16.9. The van der Waals surface area contributed by atoms with Crippen LogP contribution >= 0.6 is 11.3 Å². The Morgan fingerprint density at radius 2 is 2.04 bits per heavy atom. The van der Waals surface area contributed by atoms with Gasteiger partial charge in [-0.25, -0.2) is 13.2 Å². The Morgan fingerprint density at radius 1 is 1.29 bits per heavy atom. The molecular formula is C18H19N3O5S2. The zero-order valence-electron chi connectivity index (χ0n) is 15.3. The lowest BCUT2D eigenvalue weighted by atomic mass is 10.2. The van der Waals surface area contributed by atoms with Crippen LogP contribution in [0.25, 0.3) is 0 Å². The van der Waals surface area contributed by atoms with Crippen molar-refractivity contribution < 1.29 is 22.7 Å². The summed E-state index contributed by atoms with van der Waals surface area (Å²) in [5.74, 6) is -0.972. The number of ether oxygens (including phenoxy) is 1. The highest BCUT2D eigenvalue weighted by molar-refractivity contribution is 7.90. The Balaban J connectivity index is 1.59. The molecule has 1 N–H and O–H groups in total. The number of nitrogens with one attached hydrogen (secondary N) is 1. The number of esters is 1. The maximum Gasteiger partial charge on any atom is 0.331 e. The minimum absolute atomic E-state index is 0.0842. The smallest absolute Gasteiger partial charge is 0.331 e. The van der Waals surface area contributed by atoms with E-state index in [1.54, 1.807) is 25.2 Å². The van der Waals surface area contributed by atoms with Crippen molar-refractivity contribution in [1.29, 1.82) is 0 Å². The van der Waals surface area contributed by atoms with Crippen molar-refractivity contribution in [3.8, 4) is 0 Å². The van der Waals surface area contributed by atoms with E-state index in [0.29, 0.717) is 12.1 Å². The summed E-state index contributed by atoms with van der Waals surface area (Å²) in [5, 5.41) is 3.86. The van der Waals surface area contributed by atoms with Gasteiger partial charge in [0, 0.05) is 19.2 Å². The van der Waals surface area contributed by atoms with Crippen LogP contribution in [0.3, 0.4) is 0 Å². The van der Waals surface area contributed by atoms with Crippen molar-refractivity contribution in [1.82, 2.24) is 9.62 Å². The number of nitrogens with zero attached hydrogens (tertiary/aromatic N) is 2. The molecule has 0 saturated heterocycles. The van der Waals surface area contributed by atoms with E-state index in [-0.39, 0.29) is 16.6 Å². The van der Waals surface area contributed by atoms with E-state index in [1.165, 1.54) is 29.2 Å². The predicted octanol–water partition coefficient (Wildman–Crippen LogP) is 1.38. The zero-order valence-corrected chi connectivity index (χ0v) is 16.9. The number of carbonyl (C=O) groups excluding carboxylic acids is 2. The average molecular weight is 422 g/mol. The maximum absolute atomic E-state index is 12.2. The molecule has 1 amide bonds. The number of carbonyl (C=O) groups is 2. The molecule has 1 aromatic carbocycles. The average Bonchev–Trinajstić information content (AvgIpc) is 3.26. The lowest BCUT2D eigenvalue weighted by molar-refractivity contribution is -0.152. The molecule has 0 aliphatic carbocycles. The van der Waals surface area contributed by atoms with Crippen LogP contribution in [0, 0.1) is 0 Å². The van der Waals surface area contributed by atoms with Crippen LogP contribution in [0.15, 0.2) is 51.0 Å². The molecular weight excluding hydrogens is 402 g/mol. The summed E-state index contributed by atoms with van der Waals surface area (Å²) < 4.78 is 31.5. The molecule has 1 atom stereocenters. The van der Waals surface area contributed by atoms with Crippen molar-refractivity contribution >= 4 is 39.1 Å². The van der Waals surface area contributed by atoms with E-state index in [9.17, 15) is 18.0 Å². The van der Waals surface area contributed by atoms with Crippen LogP contribution < -0.4 is 4.72 Å². The van der Waals surface area contributed by atoms with Gasteiger partial charge in [0.15, 0.2) is 6.61 Å². The van der Waals surface area contributed by atoms with Gasteiger partial charge >= 0.3 is 5.97 Å². The molecule has 2 heterocycles. The zero-order chi connectivity index (χ0) is 20.3. The monoisotopic (exact) mass is 421 g/mol. The largest absolute Gasteiger partial charge is 0.454 e. The van der Waals surface area contributed by atoms with Gasteiger partial charge in [-0.05, 0) is 41.4 Å². The summed E-state index contributed by atoms with van der Waals surface area (Å²) in [4.78, 5) is 30.0.